The summed E-state index contributed by atoms with van der Waals surface area (Å²) in [7, 11) is 0. The molecule has 0 nitrogen and oxygen atoms in total. The third-order valence-electron chi connectivity index (χ3n) is 2.38. The van der Waals surface area contributed by atoms with E-state index < -0.39 is 0 Å². The summed E-state index contributed by atoms with van der Waals surface area (Å²) in [6, 6.07) is 16.9. The van der Waals surface area contributed by atoms with E-state index in [1.54, 1.807) is 11.8 Å². The van der Waals surface area contributed by atoms with Gasteiger partial charge in [-0.2, -0.15) is 0 Å². The zero-order valence-corrected chi connectivity index (χ0v) is 9.55. The maximum Gasteiger partial charge on any atom is 0.00695 e. The molecular formula is C14H13S. The largest absolute Gasteiger partial charge is 0.130 e. The van der Waals surface area contributed by atoms with Crippen LogP contribution < -0.4 is 0 Å². The van der Waals surface area contributed by atoms with Crippen LogP contribution in [0, 0.1) is 6.92 Å². The molecule has 0 bridgehead atoms. The Morgan fingerprint density at radius 3 is 1.73 bits per heavy atom. The van der Waals surface area contributed by atoms with Gasteiger partial charge in [-0.1, -0.05) is 36.4 Å². The number of benzene rings is 2. The molecule has 2 rings (SSSR count). The molecule has 2 aromatic rings. The molecule has 1 radical (unpaired) electrons. The molecule has 0 aliphatic rings. The molecule has 0 N–H and O–H groups in total. The van der Waals surface area contributed by atoms with E-state index in [-0.39, 0.29) is 0 Å². The van der Waals surface area contributed by atoms with Gasteiger partial charge in [-0.25, -0.2) is 0 Å². The van der Waals surface area contributed by atoms with Crippen molar-refractivity contribution in [1.29, 1.82) is 0 Å². The van der Waals surface area contributed by atoms with Gasteiger partial charge in [0.15, 0.2) is 0 Å². The minimum atomic E-state index is 1.06. The van der Waals surface area contributed by atoms with Crippen LogP contribution in [0.3, 0.4) is 0 Å². The van der Waals surface area contributed by atoms with Crippen molar-refractivity contribution in [1.82, 2.24) is 0 Å². The standard InChI is InChI=1S/C14H13S/c1-11-3-5-12(6-4-11)13-7-9-14(15-2)10-8-13/h3-10H,1H2,2H3. The summed E-state index contributed by atoms with van der Waals surface area (Å²) in [5, 5.41) is 0. The van der Waals surface area contributed by atoms with E-state index in [1.165, 1.54) is 16.0 Å². The van der Waals surface area contributed by atoms with Gasteiger partial charge in [-0.05, 0) is 42.0 Å². The first-order chi connectivity index (χ1) is 7.29. The molecule has 15 heavy (non-hydrogen) atoms. The van der Waals surface area contributed by atoms with Crippen LogP contribution in [0.5, 0.6) is 0 Å². The normalized spacial score (nSPS) is 10.3. The summed E-state index contributed by atoms with van der Waals surface area (Å²) in [5.41, 5.74) is 3.56. The van der Waals surface area contributed by atoms with E-state index in [0.29, 0.717) is 0 Å². The first kappa shape index (κ1) is 10.3. The Kier molecular flexibility index (Phi) is 3.12. The molecule has 0 aliphatic heterocycles. The number of thioether (sulfide) groups is 1. The van der Waals surface area contributed by atoms with Crippen LogP contribution in [-0.2, 0) is 0 Å². The Morgan fingerprint density at radius 2 is 1.27 bits per heavy atom. The quantitative estimate of drug-likeness (QED) is 0.672. The van der Waals surface area contributed by atoms with Gasteiger partial charge in [0.05, 0.1) is 0 Å². The Bertz CT molecular complexity index is 426. The molecule has 0 aromatic heterocycles. The number of rotatable bonds is 2. The fraction of sp³-hybridized carbons (Fsp3) is 0.0714. The fourth-order valence-electron chi connectivity index (χ4n) is 1.48. The molecule has 0 aliphatic carbocycles. The van der Waals surface area contributed by atoms with Crippen molar-refractivity contribution >= 4 is 11.8 Å². The predicted molar refractivity (Wildman–Crippen MR) is 68.1 cm³/mol. The van der Waals surface area contributed by atoms with Crippen LogP contribution in [0.1, 0.15) is 5.56 Å². The highest BCUT2D eigenvalue weighted by molar-refractivity contribution is 7.98. The molecule has 1 heteroatoms. The molecule has 0 spiro atoms. The highest BCUT2D eigenvalue weighted by Crippen LogP contribution is 2.23. The summed E-state index contributed by atoms with van der Waals surface area (Å²) >= 11 is 1.77. The summed E-state index contributed by atoms with van der Waals surface area (Å²) < 4.78 is 0. The predicted octanol–water partition coefficient (Wildman–Crippen LogP) is 4.26. The van der Waals surface area contributed by atoms with E-state index in [4.69, 9.17) is 0 Å². The molecule has 0 saturated heterocycles. The third kappa shape index (κ3) is 2.42. The highest BCUT2D eigenvalue weighted by Gasteiger charge is 1.96. The first-order valence-corrected chi connectivity index (χ1v) is 6.08. The average Bonchev–Trinajstić information content (AvgIpc) is 2.30. The lowest BCUT2D eigenvalue weighted by Crippen LogP contribution is -1.78. The first-order valence-electron chi connectivity index (χ1n) is 4.86. The maximum absolute atomic E-state index is 3.88. The third-order valence-corrected chi connectivity index (χ3v) is 3.12. The maximum atomic E-state index is 3.88. The molecule has 75 valence electrons. The van der Waals surface area contributed by atoms with Gasteiger partial charge in [0.2, 0.25) is 0 Å². The van der Waals surface area contributed by atoms with Gasteiger partial charge in [-0.3, -0.25) is 0 Å². The molecule has 0 fully saturated rings. The van der Waals surface area contributed by atoms with Gasteiger partial charge < -0.3 is 0 Å². The van der Waals surface area contributed by atoms with Crippen molar-refractivity contribution in [3.8, 4) is 11.1 Å². The Labute approximate surface area is 95.3 Å². The lowest BCUT2D eigenvalue weighted by atomic mass is 10.0. The Morgan fingerprint density at radius 1 is 0.800 bits per heavy atom. The second-order valence-electron chi connectivity index (χ2n) is 3.43. The van der Waals surface area contributed by atoms with Crippen molar-refractivity contribution in [3.05, 3.63) is 61.0 Å². The summed E-state index contributed by atoms with van der Waals surface area (Å²) in [6.45, 7) is 3.88. The number of hydrogen-bond acceptors (Lipinski definition) is 1. The minimum Gasteiger partial charge on any atom is -0.130 e. The van der Waals surface area contributed by atoms with Crippen molar-refractivity contribution < 1.29 is 0 Å². The van der Waals surface area contributed by atoms with Gasteiger partial charge >= 0.3 is 0 Å². The monoisotopic (exact) mass is 213 g/mol. The molecule has 0 unspecified atom stereocenters. The van der Waals surface area contributed by atoms with Crippen LogP contribution in [0.2, 0.25) is 0 Å². The van der Waals surface area contributed by atoms with Gasteiger partial charge in [0.1, 0.15) is 0 Å². The van der Waals surface area contributed by atoms with Crippen LogP contribution in [-0.4, -0.2) is 6.26 Å². The van der Waals surface area contributed by atoms with Crippen LogP contribution in [0.4, 0.5) is 0 Å². The lowest BCUT2D eigenvalue weighted by Gasteiger charge is -2.03. The van der Waals surface area contributed by atoms with Crippen molar-refractivity contribution in [3.63, 3.8) is 0 Å². The van der Waals surface area contributed by atoms with E-state index in [1.807, 2.05) is 12.1 Å². The Hall–Kier alpha value is -1.21. The second kappa shape index (κ2) is 4.54. The van der Waals surface area contributed by atoms with Crippen LogP contribution in [0.15, 0.2) is 53.4 Å². The zero-order valence-electron chi connectivity index (χ0n) is 8.73. The smallest absolute Gasteiger partial charge is 0.00695 e. The van der Waals surface area contributed by atoms with E-state index in [2.05, 4.69) is 49.6 Å². The number of hydrogen-bond donors (Lipinski definition) is 0. The molecule has 0 amide bonds. The molecular weight excluding hydrogens is 200 g/mol. The van der Waals surface area contributed by atoms with Crippen LogP contribution in [0.25, 0.3) is 11.1 Å². The lowest BCUT2D eigenvalue weighted by molar-refractivity contribution is 1.46. The van der Waals surface area contributed by atoms with Crippen molar-refractivity contribution in [2.24, 2.45) is 0 Å². The van der Waals surface area contributed by atoms with Crippen molar-refractivity contribution in [2.45, 2.75) is 4.90 Å². The van der Waals surface area contributed by atoms with Crippen molar-refractivity contribution in [2.75, 3.05) is 6.26 Å². The summed E-state index contributed by atoms with van der Waals surface area (Å²) in [6.07, 6.45) is 2.09. The second-order valence-corrected chi connectivity index (χ2v) is 4.31. The van der Waals surface area contributed by atoms with E-state index >= 15 is 0 Å². The average molecular weight is 213 g/mol. The highest BCUT2D eigenvalue weighted by atomic mass is 32.2. The molecule has 0 saturated carbocycles. The molecule has 0 heterocycles. The van der Waals surface area contributed by atoms with Crippen LogP contribution >= 0.6 is 11.8 Å². The SMILES string of the molecule is [CH2]c1ccc(-c2ccc(SC)cc2)cc1. The van der Waals surface area contributed by atoms with Gasteiger partial charge in [-0.15, -0.1) is 11.8 Å². The van der Waals surface area contributed by atoms with Gasteiger partial charge in [0, 0.05) is 4.90 Å². The minimum absolute atomic E-state index is 1.06. The fourth-order valence-corrected chi connectivity index (χ4v) is 1.89. The van der Waals surface area contributed by atoms with E-state index in [0.717, 1.165) is 5.56 Å². The topological polar surface area (TPSA) is 0 Å². The zero-order chi connectivity index (χ0) is 10.7. The molecule has 0 atom stereocenters. The summed E-state index contributed by atoms with van der Waals surface area (Å²) in [5.74, 6) is 0. The van der Waals surface area contributed by atoms with E-state index in [9.17, 15) is 0 Å². The Balaban J connectivity index is 2.33. The summed E-state index contributed by atoms with van der Waals surface area (Å²) in [4.78, 5) is 1.30. The molecule has 2 aromatic carbocycles. The van der Waals surface area contributed by atoms with Gasteiger partial charge in [0.25, 0.3) is 0 Å².